The van der Waals surface area contributed by atoms with Gasteiger partial charge in [0.15, 0.2) is 5.72 Å². The molecule has 130 valence electrons. The van der Waals surface area contributed by atoms with Gasteiger partial charge < -0.3 is 5.11 Å². The van der Waals surface area contributed by atoms with Crippen molar-refractivity contribution in [3.8, 4) is 0 Å². The van der Waals surface area contributed by atoms with Gasteiger partial charge in [0.05, 0.1) is 5.88 Å². The highest BCUT2D eigenvalue weighted by Gasteiger charge is 2.48. The molecule has 1 atom stereocenters. The first kappa shape index (κ1) is 16.9. The Kier molecular flexibility index (Phi) is 4.53. The minimum atomic E-state index is -1.34. The van der Waals surface area contributed by atoms with Crippen LogP contribution < -0.4 is 0 Å². The Morgan fingerprint density at radius 2 is 1.46 bits per heavy atom. The van der Waals surface area contributed by atoms with Crippen LogP contribution in [0.25, 0.3) is 0 Å². The van der Waals surface area contributed by atoms with E-state index < -0.39 is 5.72 Å². The summed E-state index contributed by atoms with van der Waals surface area (Å²) in [6.45, 7) is 0. The van der Waals surface area contributed by atoms with Crippen molar-refractivity contribution < 1.29 is 9.90 Å². The Balaban J connectivity index is 1.67. The van der Waals surface area contributed by atoms with Crippen LogP contribution in [-0.4, -0.2) is 21.8 Å². The van der Waals surface area contributed by atoms with Crippen LogP contribution in [0.1, 0.15) is 21.5 Å². The molecule has 0 saturated heterocycles. The first-order valence-electron chi connectivity index (χ1n) is 8.54. The number of carbonyl (C=O) groups excluding carboxylic acids is 1. The summed E-state index contributed by atoms with van der Waals surface area (Å²) in [4.78, 5) is 15.6. The summed E-state index contributed by atoms with van der Waals surface area (Å²) in [6.07, 6.45) is 0.367. The molecule has 4 rings (SSSR count). The molecule has 1 unspecified atom stereocenters. The van der Waals surface area contributed by atoms with Gasteiger partial charge in [0.2, 0.25) is 0 Å². The molecule has 1 aliphatic heterocycles. The largest absolute Gasteiger partial charge is 0.366 e. The third-order valence-electron chi connectivity index (χ3n) is 4.68. The van der Waals surface area contributed by atoms with Gasteiger partial charge in [0, 0.05) is 22.4 Å². The zero-order valence-electron chi connectivity index (χ0n) is 14.2. The molecule has 3 aromatic carbocycles. The quantitative estimate of drug-likeness (QED) is 0.690. The third-order valence-corrected chi connectivity index (χ3v) is 5.67. The fourth-order valence-corrected chi connectivity index (χ4v) is 4.33. The average molecular weight is 361 g/mol. The fraction of sp³-hybridized carbons (Fsp3) is 0.136. The first-order valence-corrected chi connectivity index (χ1v) is 9.53. The molecule has 1 amide bonds. The van der Waals surface area contributed by atoms with E-state index >= 15 is 0 Å². The minimum absolute atomic E-state index is 0.123. The number of hydrogen-bond acceptors (Lipinski definition) is 3. The number of hydrogen-bond donors (Lipinski definition) is 1. The molecule has 1 aliphatic rings. The van der Waals surface area contributed by atoms with Crippen LogP contribution in [0.5, 0.6) is 0 Å². The van der Waals surface area contributed by atoms with E-state index in [2.05, 4.69) is 0 Å². The molecular formula is C22H19NO2S. The molecule has 3 aromatic rings. The van der Waals surface area contributed by atoms with Crippen molar-refractivity contribution in [3.63, 3.8) is 0 Å². The minimum Gasteiger partial charge on any atom is -0.366 e. The smallest absolute Gasteiger partial charge is 0.257 e. The lowest BCUT2D eigenvalue weighted by Gasteiger charge is -2.34. The van der Waals surface area contributed by atoms with E-state index in [1.54, 1.807) is 22.7 Å². The number of thioether (sulfide) groups is 1. The molecule has 4 heteroatoms. The number of carbonyl (C=O) groups is 1. The molecule has 0 aliphatic carbocycles. The number of benzene rings is 3. The van der Waals surface area contributed by atoms with E-state index in [1.807, 2.05) is 78.9 Å². The van der Waals surface area contributed by atoms with Crippen molar-refractivity contribution in [2.75, 3.05) is 5.88 Å². The highest BCUT2D eigenvalue weighted by molar-refractivity contribution is 7.99. The zero-order valence-corrected chi connectivity index (χ0v) is 15.0. The van der Waals surface area contributed by atoms with E-state index in [9.17, 15) is 9.90 Å². The lowest BCUT2D eigenvalue weighted by molar-refractivity contribution is -0.0747. The summed E-state index contributed by atoms with van der Waals surface area (Å²) in [5.41, 5.74) is 0.924. The number of rotatable bonds is 5. The Morgan fingerprint density at radius 3 is 2.19 bits per heavy atom. The molecule has 0 fully saturated rings. The number of fused-ring (bicyclic) bond motifs is 1. The normalized spacial score (nSPS) is 18.8. The van der Waals surface area contributed by atoms with Gasteiger partial charge >= 0.3 is 0 Å². The van der Waals surface area contributed by atoms with E-state index in [0.717, 1.165) is 10.5 Å². The van der Waals surface area contributed by atoms with E-state index in [-0.39, 0.29) is 5.91 Å². The second kappa shape index (κ2) is 6.98. The van der Waals surface area contributed by atoms with Gasteiger partial charge in [-0.2, -0.15) is 0 Å². The fourth-order valence-electron chi connectivity index (χ4n) is 3.37. The van der Waals surface area contributed by atoms with Crippen LogP contribution in [0.2, 0.25) is 0 Å². The Morgan fingerprint density at radius 1 is 0.846 bits per heavy atom. The van der Waals surface area contributed by atoms with E-state index in [4.69, 9.17) is 0 Å². The Labute approximate surface area is 157 Å². The number of nitrogens with zero attached hydrogens (tertiary/aromatic N) is 1. The van der Waals surface area contributed by atoms with Crippen molar-refractivity contribution in [1.82, 2.24) is 4.90 Å². The Hall–Kier alpha value is -2.56. The van der Waals surface area contributed by atoms with Crippen molar-refractivity contribution in [1.29, 1.82) is 0 Å². The van der Waals surface area contributed by atoms with Crippen molar-refractivity contribution in [2.45, 2.75) is 17.0 Å². The number of amides is 1. The summed E-state index contributed by atoms with van der Waals surface area (Å²) >= 11 is 1.55. The predicted octanol–water partition coefficient (Wildman–Crippen LogP) is 4.28. The summed E-state index contributed by atoms with van der Waals surface area (Å²) < 4.78 is 0. The van der Waals surface area contributed by atoms with Crippen LogP contribution in [-0.2, 0) is 12.1 Å². The van der Waals surface area contributed by atoms with Crippen LogP contribution in [0, 0.1) is 0 Å². The molecule has 1 heterocycles. The van der Waals surface area contributed by atoms with Crippen LogP contribution >= 0.6 is 11.8 Å². The lowest BCUT2D eigenvalue weighted by atomic mass is 9.94. The van der Waals surface area contributed by atoms with Crippen LogP contribution in [0.3, 0.4) is 0 Å². The second-order valence-electron chi connectivity index (χ2n) is 6.34. The van der Waals surface area contributed by atoms with Gasteiger partial charge in [0.25, 0.3) is 5.91 Å². The maximum Gasteiger partial charge on any atom is 0.257 e. The predicted molar refractivity (Wildman–Crippen MR) is 104 cm³/mol. The van der Waals surface area contributed by atoms with Crippen LogP contribution in [0.15, 0.2) is 89.8 Å². The topological polar surface area (TPSA) is 40.5 Å². The summed E-state index contributed by atoms with van der Waals surface area (Å²) in [7, 11) is 0. The monoisotopic (exact) mass is 361 g/mol. The second-order valence-corrected chi connectivity index (χ2v) is 7.36. The standard InChI is InChI=1S/C22H19NO2S/c24-21-19-13-7-8-14-20(19)22(25,15-17-9-3-1-4-10-17)23(21)16-26-18-11-5-2-6-12-18/h1-14,25H,15-16H2. The molecule has 0 spiro atoms. The summed E-state index contributed by atoms with van der Waals surface area (Å²) in [5, 5.41) is 11.6. The average Bonchev–Trinajstić information content (AvgIpc) is 2.89. The molecule has 0 radical (unpaired) electrons. The first-order chi connectivity index (χ1) is 12.7. The van der Waals surface area contributed by atoms with Gasteiger partial charge in [-0.25, -0.2) is 0 Å². The maximum absolute atomic E-state index is 13.0. The maximum atomic E-state index is 13.0. The third kappa shape index (κ3) is 3.02. The highest BCUT2D eigenvalue weighted by atomic mass is 32.2. The molecular weight excluding hydrogens is 342 g/mol. The summed E-state index contributed by atoms with van der Waals surface area (Å²) in [5.74, 6) is 0.267. The zero-order chi connectivity index (χ0) is 18.0. The molecule has 3 nitrogen and oxygen atoms in total. The van der Waals surface area contributed by atoms with Crippen molar-refractivity contribution in [2.24, 2.45) is 0 Å². The van der Waals surface area contributed by atoms with Gasteiger partial charge in [-0.15, -0.1) is 11.8 Å². The van der Waals surface area contributed by atoms with Gasteiger partial charge in [0.1, 0.15) is 0 Å². The molecule has 0 bridgehead atoms. The van der Waals surface area contributed by atoms with Gasteiger partial charge in [-0.05, 0) is 23.8 Å². The SMILES string of the molecule is O=C1c2ccccc2C(O)(Cc2ccccc2)N1CSc1ccccc1. The highest BCUT2D eigenvalue weighted by Crippen LogP contribution is 2.41. The van der Waals surface area contributed by atoms with Gasteiger partial charge in [-0.1, -0.05) is 66.7 Å². The van der Waals surface area contributed by atoms with E-state index in [0.29, 0.717) is 23.4 Å². The Bertz CT molecular complexity index is 914. The molecule has 1 N–H and O–H groups in total. The molecule has 0 saturated carbocycles. The lowest BCUT2D eigenvalue weighted by Crippen LogP contribution is -2.45. The van der Waals surface area contributed by atoms with Crippen molar-refractivity contribution in [3.05, 3.63) is 102 Å². The van der Waals surface area contributed by atoms with E-state index in [1.165, 1.54) is 0 Å². The van der Waals surface area contributed by atoms with Crippen molar-refractivity contribution >= 4 is 17.7 Å². The summed E-state index contributed by atoms with van der Waals surface area (Å²) in [6, 6.07) is 27.1. The van der Waals surface area contributed by atoms with Crippen LogP contribution in [0.4, 0.5) is 0 Å². The number of aliphatic hydroxyl groups is 1. The molecule has 0 aromatic heterocycles. The molecule has 26 heavy (non-hydrogen) atoms. The van der Waals surface area contributed by atoms with Gasteiger partial charge in [-0.3, -0.25) is 9.69 Å².